The second-order valence-electron chi connectivity index (χ2n) is 14.7. The van der Waals surface area contributed by atoms with Crippen molar-refractivity contribution in [3.63, 3.8) is 0 Å². The number of aryl methyl sites for hydroxylation is 4. The molecule has 2 aromatic heterocycles. The summed E-state index contributed by atoms with van der Waals surface area (Å²) in [6.45, 7) is 8.75. The minimum absolute atomic E-state index is 0.0870. The first-order chi connectivity index (χ1) is 24.9. The standard InChI is InChI=1S/C38H54N8O6/c1-23(2)31(43-37(49)52-6)35(47)45-19-7-9-29(45)33-39-21-27(41-33)17-15-25-11-13-26(14-12-25)16-18-28-22-40-34(42-28)30-10-8-20-46(30)36(48)32(24(3)4)44(5)38(50)51/h11-14,21-24,29-32H,7-10,15-20H2,1-6H3,(H,39,41)(H,40,42)(H,43,49)(H,50,51)/t29-,30-,31-,32-/m0/s1. The molecule has 2 aliphatic rings. The molecular weight excluding hydrogens is 664 g/mol. The van der Waals surface area contributed by atoms with Gasteiger partial charge in [0.15, 0.2) is 0 Å². The summed E-state index contributed by atoms with van der Waals surface area (Å²) in [6.07, 6.45) is 8.52. The highest BCUT2D eigenvalue weighted by Crippen LogP contribution is 2.33. The van der Waals surface area contributed by atoms with Crippen LogP contribution in [-0.4, -0.2) is 103 Å². The number of aromatic amines is 2. The number of likely N-dealkylation sites (tertiary alicyclic amines) is 2. The van der Waals surface area contributed by atoms with Crippen molar-refractivity contribution < 1.29 is 29.0 Å². The van der Waals surface area contributed by atoms with Gasteiger partial charge < -0.3 is 34.9 Å². The van der Waals surface area contributed by atoms with Crippen molar-refractivity contribution in [3.8, 4) is 0 Å². The van der Waals surface area contributed by atoms with Crippen LogP contribution in [0.3, 0.4) is 0 Å². The molecule has 2 saturated heterocycles. The Balaban J connectivity index is 1.12. The molecule has 52 heavy (non-hydrogen) atoms. The summed E-state index contributed by atoms with van der Waals surface area (Å²) in [6, 6.07) is 6.87. The summed E-state index contributed by atoms with van der Waals surface area (Å²) in [4.78, 5) is 71.4. The number of carboxylic acid groups (broad SMARTS) is 1. The summed E-state index contributed by atoms with van der Waals surface area (Å²) < 4.78 is 4.74. The highest BCUT2D eigenvalue weighted by atomic mass is 16.5. The number of aromatic nitrogens is 4. The average molecular weight is 719 g/mol. The number of hydrogen-bond acceptors (Lipinski definition) is 7. The lowest BCUT2D eigenvalue weighted by Gasteiger charge is -2.33. The Morgan fingerprint density at radius 2 is 1.31 bits per heavy atom. The maximum absolute atomic E-state index is 13.5. The van der Waals surface area contributed by atoms with E-state index in [2.05, 4.69) is 49.5 Å². The second kappa shape index (κ2) is 17.1. The van der Waals surface area contributed by atoms with Gasteiger partial charge >= 0.3 is 12.2 Å². The van der Waals surface area contributed by atoms with Crippen LogP contribution < -0.4 is 5.32 Å². The van der Waals surface area contributed by atoms with Crippen LogP contribution in [0.4, 0.5) is 9.59 Å². The van der Waals surface area contributed by atoms with Crippen molar-refractivity contribution in [1.82, 2.24) is 40.0 Å². The second-order valence-corrected chi connectivity index (χ2v) is 14.7. The number of carbonyl (C=O) groups excluding carboxylic acids is 3. The molecule has 5 rings (SSSR count). The number of rotatable bonds is 14. The van der Waals surface area contributed by atoms with Crippen molar-refractivity contribution in [1.29, 1.82) is 0 Å². The quantitative estimate of drug-likeness (QED) is 0.179. The van der Waals surface area contributed by atoms with Gasteiger partial charge in [-0.3, -0.25) is 14.5 Å². The highest BCUT2D eigenvalue weighted by Gasteiger charge is 2.40. The summed E-state index contributed by atoms with van der Waals surface area (Å²) in [5.74, 6) is 0.991. The SMILES string of the molecule is COC(=O)N[C@H](C(=O)N1CCC[C@H]1c1ncc(CCc2ccc(CCc3cnc([C@@H]4CCCN4C(=O)[C@H](C(C)C)N(C)C(=O)O)[nH]3)cc2)[nH]1)C(C)C. The van der Waals surface area contributed by atoms with Gasteiger partial charge in [0.05, 0.1) is 19.2 Å². The van der Waals surface area contributed by atoms with Crippen molar-refractivity contribution in [2.24, 2.45) is 11.8 Å². The molecule has 0 bridgehead atoms. The molecule has 0 radical (unpaired) electrons. The molecule has 4 N–H and O–H groups in total. The van der Waals surface area contributed by atoms with E-state index in [-0.39, 0.29) is 35.7 Å². The maximum atomic E-state index is 13.5. The first kappa shape index (κ1) is 38.4. The fraction of sp³-hybridized carbons (Fsp3) is 0.579. The van der Waals surface area contributed by atoms with Gasteiger partial charge in [-0.15, -0.1) is 0 Å². The Hall–Kier alpha value is -4.88. The number of ether oxygens (including phenoxy) is 1. The summed E-state index contributed by atoms with van der Waals surface area (Å²) in [7, 11) is 2.75. The van der Waals surface area contributed by atoms with Crippen LogP contribution in [0.5, 0.6) is 0 Å². The molecule has 1 aromatic carbocycles. The predicted molar refractivity (Wildman–Crippen MR) is 194 cm³/mol. The first-order valence-electron chi connectivity index (χ1n) is 18.4. The molecule has 3 aromatic rings. The molecule has 14 heteroatoms. The third-order valence-electron chi connectivity index (χ3n) is 10.4. The topological polar surface area (TPSA) is 177 Å². The van der Waals surface area contributed by atoms with Gasteiger partial charge in [-0.05, 0) is 74.3 Å². The Kier molecular flexibility index (Phi) is 12.6. The maximum Gasteiger partial charge on any atom is 0.407 e. The Morgan fingerprint density at radius 3 is 1.73 bits per heavy atom. The number of H-pyrrole nitrogens is 2. The zero-order valence-electron chi connectivity index (χ0n) is 31.2. The van der Waals surface area contributed by atoms with Gasteiger partial charge in [0.2, 0.25) is 11.8 Å². The number of carbonyl (C=O) groups is 4. The molecule has 4 atom stereocenters. The van der Waals surface area contributed by atoms with Gasteiger partial charge in [0, 0.05) is 43.9 Å². The molecule has 2 aliphatic heterocycles. The smallest absolute Gasteiger partial charge is 0.407 e. The van der Waals surface area contributed by atoms with E-state index >= 15 is 0 Å². The largest absolute Gasteiger partial charge is 0.465 e. The lowest BCUT2D eigenvalue weighted by Crippen LogP contribution is -2.51. The van der Waals surface area contributed by atoms with E-state index in [1.54, 1.807) is 4.90 Å². The average Bonchev–Trinajstić information content (AvgIpc) is 3.95. The van der Waals surface area contributed by atoms with Gasteiger partial charge in [-0.1, -0.05) is 52.0 Å². The fourth-order valence-corrected chi connectivity index (χ4v) is 7.47. The van der Waals surface area contributed by atoms with E-state index in [0.717, 1.165) is 79.3 Å². The van der Waals surface area contributed by atoms with E-state index in [4.69, 9.17) is 4.74 Å². The fourth-order valence-electron chi connectivity index (χ4n) is 7.47. The van der Waals surface area contributed by atoms with Crippen LogP contribution in [0.2, 0.25) is 0 Å². The molecule has 4 heterocycles. The van der Waals surface area contributed by atoms with E-state index in [1.807, 2.05) is 45.0 Å². The Labute approximate surface area is 305 Å². The van der Waals surface area contributed by atoms with Crippen LogP contribution >= 0.6 is 0 Å². The molecule has 4 amide bonds. The molecular formula is C38H54N8O6. The van der Waals surface area contributed by atoms with Gasteiger partial charge in [0.25, 0.3) is 0 Å². The lowest BCUT2D eigenvalue weighted by molar-refractivity contribution is -0.138. The van der Waals surface area contributed by atoms with E-state index in [1.165, 1.54) is 25.3 Å². The third-order valence-corrected chi connectivity index (χ3v) is 10.4. The van der Waals surface area contributed by atoms with Crippen LogP contribution in [0.15, 0.2) is 36.7 Å². The van der Waals surface area contributed by atoms with Crippen molar-refractivity contribution >= 4 is 24.0 Å². The van der Waals surface area contributed by atoms with Crippen LogP contribution in [0.25, 0.3) is 0 Å². The lowest BCUT2D eigenvalue weighted by atomic mass is 10.0. The minimum atomic E-state index is -1.11. The number of methoxy groups -OCH3 is 1. The number of likely N-dealkylation sites (N-methyl/N-ethyl adjacent to an activating group) is 1. The number of nitrogens with one attached hydrogen (secondary N) is 3. The normalized spacial score (nSPS) is 18.5. The predicted octanol–water partition coefficient (Wildman–Crippen LogP) is 5.05. The summed E-state index contributed by atoms with van der Waals surface area (Å²) in [5, 5.41) is 12.2. The molecule has 2 fully saturated rings. The Bertz CT molecular complexity index is 1680. The molecule has 14 nitrogen and oxygen atoms in total. The van der Waals surface area contributed by atoms with Crippen LogP contribution in [-0.2, 0) is 40.0 Å². The number of nitrogens with zero attached hydrogens (tertiary/aromatic N) is 5. The highest BCUT2D eigenvalue weighted by molar-refractivity contribution is 5.87. The molecule has 0 aliphatic carbocycles. The molecule has 0 unspecified atom stereocenters. The van der Waals surface area contributed by atoms with E-state index < -0.39 is 24.3 Å². The summed E-state index contributed by atoms with van der Waals surface area (Å²) in [5.41, 5.74) is 4.44. The third kappa shape index (κ3) is 8.94. The van der Waals surface area contributed by atoms with Crippen LogP contribution in [0, 0.1) is 11.8 Å². The zero-order valence-corrected chi connectivity index (χ0v) is 31.2. The van der Waals surface area contributed by atoms with E-state index in [9.17, 15) is 24.3 Å². The number of alkyl carbamates (subject to hydrolysis) is 1. The van der Waals surface area contributed by atoms with Gasteiger partial charge in [0.1, 0.15) is 23.7 Å². The number of benzene rings is 1. The van der Waals surface area contributed by atoms with Gasteiger partial charge in [-0.25, -0.2) is 19.6 Å². The number of hydrogen-bond donors (Lipinski definition) is 4. The van der Waals surface area contributed by atoms with E-state index in [0.29, 0.717) is 13.1 Å². The van der Waals surface area contributed by atoms with Gasteiger partial charge in [-0.2, -0.15) is 0 Å². The van der Waals surface area contributed by atoms with Crippen molar-refractivity contribution in [2.45, 2.75) is 103 Å². The van der Waals surface area contributed by atoms with Crippen LogP contribution in [0.1, 0.15) is 99.6 Å². The zero-order chi connectivity index (χ0) is 37.5. The number of imidazole rings is 2. The summed E-state index contributed by atoms with van der Waals surface area (Å²) >= 11 is 0. The monoisotopic (exact) mass is 718 g/mol. The Morgan fingerprint density at radius 1 is 0.827 bits per heavy atom. The molecule has 0 spiro atoms. The first-order valence-corrected chi connectivity index (χ1v) is 18.4. The number of amides is 4. The minimum Gasteiger partial charge on any atom is -0.465 e. The molecule has 0 saturated carbocycles. The molecule has 282 valence electrons. The van der Waals surface area contributed by atoms with Crippen molar-refractivity contribution in [2.75, 3.05) is 27.2 Å². The van der Waals surface area contributed by atoms with Crippen molar-refractivity contribution in [3.05, 3.63) is 70.8 Å².